The van der Waals surface area contributed by atoms with Gasteiger partial charge in [-0.15, -0.1) is 0 Å². The van der Waals surface area contributed by atoms with Gasteiger partial charge in [0, 0.05) is 0 Å². The Hall–Kier alpha value is -0.521. The first-order valence-corrected chi connectivity index (χ1v) is 7.93. The van der Waals surface area contributed by atoms with Gasteiger partial charge >= 0.3 is 17.1 Å². The normalized spacial score (nSPS) is 20.5. The Bertz CT molecular complexity index is 578. The molecule has 2 aliphatic heterocycles. The summed E-state index contributed by atoms with van der Waals surface area (Å²) in [5, 5.41) is 0. The summed E-state index contributed by atoms with van der Waals surface area (Å²) in [6.45, 7) is 9.86. The first kappa shape index (κ1) is 27.7. The van der Waals surface area contributed by atoms with E-state index in [0.29, 0.717) is 36.8 Å². The van der Waals surface area contributed by atoms with Gasteiger partial charge in [-0.05, 0) is 24.0 Å². The monoisotopic (exact) mass is 462 g/mol. The molecule has 0 unspecified atom stereocenters. The quantitative estimate of drug-likeness (QED) is 0.418. The van der Waals surface area contributed by atoms with E-state index in [1.807, 2.05) is 18.2 Å². The molecule has 0 amide bonds. The molecule has 2 aliphatic rings. The summed E-state index contributed by atoms with van der Waals surface area (Å²) in [4.78, 5) is 13.9. The van der Waals surface area contributed by atoms with E-state index in [2.05, 4.69) is 42.7 Å². The maximum absolute atomic E-state index is 5.70. The molecule has 0 fully saturated rings. The standard InChI is InChI=1S/C17H23N3O2.3ClH.Fe/c1-10(2)14-8-21-16(19-14)12-6-5-7-13(18-12)17-20-15(9-22-17)11(3)4;;;;/h5-7,10-11,14-15H,8-9H2,1-4H3;3*1H;/q;;;;+3/p-3/t14-,15-;;;;/m0..../s1. The van der Waals surface area contributed by atoms with Crippen LogP contribution in [-0.4, -0.2) is 42.1 Å². The predicted octanol–water partition coefficient (Wildman–Crippen LogP) is -6.31. The SMILES string of the molecule is CC(C)[C@@H]1COC(c2cccc(C3=N[C@H](C(C)C)CO3)n2)=N1.[Cl-].[Cl-].[Cl-].[Fe+3]. The van der Waals surface area contributed by atoms with E-state index in [9.17, 15) is 0 Å². The second-order valence-corrected chi connectivity index (χ2v) is 6.52. The number of halogens is 3. The first-order valence-electron chi connectivity index (χ1n) is 7.93. The molecule has 147 valence electrons. The maximum Gasteiger partial charge on any atom is 3.00 e. The topological polar surface area (TPSA) is 56.1 Å². The third-order valence-corrected chi connectivity index (χ3v) is 4.07. The van der Waals surface area contributed by atoms with Crippen molar-refractivity contribution in [3.05, 3.63) is 29.6 Å². The van der Waals surface area contributed by atoms with Gasteiger partial charge in [0.2, 0.25) is 11.8 Å². The average molecular weight is 464 g/mol. The predicted molar refractivity (Wildman–Crippen MR) is 86.5 cm³/mol. The molecule has 3 rings (SSSR count). The summed E-state index contributed by atoms with van der Waals surface area (Å²) < 4.78 is 11.4. The molecule has 0 saturated heterocycles. The van der Waals surface area contributed by atoms with E-state index < -0.39 is 0 Å². The fourth-order valence-corrected chi connectivity index (χ4v) is 2.42. The number of ether oxygens (including phenoxy) is 2. The van der Waals surface area contributed by atoms with Crippen molar-refractivity contribution >= 4 is 11.8 Å². The zero-order valence-electron chi connectivity index (χ0n) is 15.1. The molecule has 0 saturated carbocycles. The van der Waals surface area contributed by atoms with Crippen LogP contribution in [0.15, 0.2) is 28.2 Å². The molecule has 0 N–H and O–H groups in total. The van der Waals surface area contributed by atoms with Gasteiger partial charge in [0.1, 0.15) is 24.6 Å². The van der Waals surface area contributed by atoms with Crippen LogP contribution >= 0.6 is 0 Å². The minimum absolute atomic E-state index is 0. The van der Waals surface area contributed by atoms with E-state index >= 15 is 0 Å². The number of nitrogens with zero attached hydrogens (tertiary/aromatic N) is 3. The molecule has 26 heavy (non-hydrogen) atoms. The van der Waals surface area contributed by atoms with Crippen LogP contribution in [0.5, 0.6) is 0 Å². The summed E-state index contributed by atoms with van der Waals surface area (Å²) in [5.74, 6) is 2.18. The number of aromatic nitrogens is 1. The van der Waals surface area contributed by atoms with E-state index in [4.69, 9.17) is 9.47 Å². The Morgan fingerprint density at radius 2 is 1.19 bits per heavy atom. The molecule has 9 heteroatoms. The van der Waals surface area contributed by atoms with E-state index in [1.165, 1.54) is 0 Å². The van der Waals surface area contributed by atoms with Gasteiger partial charge in [0.05, 0.1) is 12.1 Å². The van der Waals surface area contributed by atoms with Crippen LogP contribution in [0.25, 0.3) is 0 Å². The zero-order chi connectivity index (χ0) is 15.7. The zero-order valence-corrected chi connectivity index (χ0v) is 18.5. The molecule has 0 aliphatic carbocycles. The second kappa shape index (κ2) is 12.0. The Balaban J connectivity index is 0. The fraction of sp³-hybridized carbons (Fsp3) is 0.588. The van der Waals surface area contributed by atoms with Gasteiger partial charge in [0.15, 0.2) is 0 Å². The summed E-state index contributed by atoms with van der Waals surface area (Å²) in [5.41, 5.74) is 1.50. The van der Waals surface area contributed by atoms with Gasteiger partial charge < -0.3 is 46.7 Å². The van der Waals surface area contributed by atoms with Crippen LogP contribution in [0.4, 0.5) is 0 Å². The summed E-state index contributed by atoms with van der Waals surface area (Å²) in [7, 11) is 0. The van der Waals surface area contributed by atoms with Crippen molar-refractivity contribution in [1.29, 1.82) is 0 Å². The molecule has 0 spiro atoms. The minimum Gasteiger partial charge on any atom is -1.00 e. The number of rotatable bonds is 4. The Morgan fingerprint density at radius 3 is 1.50 bits per heavy atom. The van der Waals surface area contributed by atoms with Crippen LogP contribution < -0.4 is 37.2 Å². The van der Waals surface area contributed by atoms with Gasteiger partial charge in [-0.3, -0.25) is 0 Å². The largest absolute Gasteiger partial charge is 3.00 e. The molecule has 1 radical (unpaired) electrons. The first-order chi connectivity index (χ1) is 10.5. The van der Waals surface area contributed by atoms with Crippen LogP contribution in [0.3, 0.4) is 0 Å². The van der Waals surface area contributed by atoms with Crippen molar-refractivity contribution in [2.45, 2.75) is 39.8 Å². The molecule has 3 heterocycles. The summed E-state index contributed by atoms with van der Waals surface area (Å²) >= 11 is 0. The van der Waals surface area contributed by atoms with Crippen molar-refractivity contribution in [1.82, 2.24) is 4.98 Å². The Kier molecular flexibility index (Phi) is 12.8. The minimum atomic E-state index is 0. The van der Waals surface area contributed by atoms with Crippen molar-refractivity contribution < 1.29 is 63.8 Å². The van der Waals surface area contributed by atoms with Crippen molar-refractivity contribution in [2.75, 3.05) is 13.2 Å². The molecule has 1 aromatic heterocycles. The molecule has 5 nitrogen and oxygen atoms in total. The molecule has 2 atom stereocenters. The summed E-state index contributed by atoms with van der Waals surface area (Å²) in [6, 6.07) is 6.21. The van der Waals surface area contributed by atoms with Crippen LogP contribution in [0.1, 0.15) is 39.1 Å². The number of hydrogen-bond acceptors (Lipinski definition) is 5. The van der Waals surface area contributed by atoms with Gasteiger partial charge in [-0.1, -0.05) is 33.8 Å². The van der Waals surface area contributed by atoms with Crippen LogP contribution in [0.2, 0.25) is 0 Å². The smallest absolute Gasteiger partial charge is 1.00 e. The number of aliphatic imine (C=N–C) groups is 2. The molecule has 0 bridgehead atoms. The molecule has 1 aromatic rings. The van der Waals surface area contributed by atoms with Gasteiger partial charge in [-0.2, -0.15) is 0 Å². The third kappa shape index (κ3) is 6.28. The van der Waals surface area contributed by atoms with Gasteiger partial charge in [-0.25, -0.2) is 15.0 Å². The average Bonchev–Trinajstić information content (AvgIpc) is 3.17. The van der Waals surface area contributed by atoms with Crippen molar-refractivity contribution in [2.24, 2.45) is 21.8 Å². The Labute approximate surface area is 184 Å². The van der Waals surface area contributed by atoms with Crippen LogP contribution in [-0.2, 0) is 26.5 Å². The fourth-order valence-electron chi connectivity index (χ4n) is 2.42. The number of pyridine rings is 1. The second-order valence-electron chi connectivity index (χ2n) is 6.52. The van der Waals surface area contributed by atoms with Crippen LogP contribution in [0, 0.1) is 11.8 Å². The summed E-state index contributed by atoms with van der Waals surface area (Å²) in [6.07, 6.45) is 0. The van der Waals surface area contributed by atoms with Gasteiger partial charge in [0.25, 0.3) is 0 Å². The maximum atomic E-state index is 5.70. The van der Waals surface area contributed by atoms with Crippen molar-refractivity contribution in [3.8, 4) is 0 Å². The van der Waals surface area contributed by atoms with E-state index in [1.54, 1.807) is 0 Å². The molecular formula is C17H23Cl3FeN3O2. The van der Waals surface area contributed by atoms with E-state index in [0.717, 1.165) is 11.4 Å². The Morgan fingerprint density at radius 1 is 0.808 bits per heavy atom. The van der Waals surface area contributed by atoms with E-state index in [-0.39, 0.29) is 66.4 Å². The van der Waals surface area contributed by atoms with Crippen molar-refractivity contribution in [3.63, 3.8) is 0 Å². The molecule has 0 aromatic carbocycles. The third-order valence-electron chi connectivity index (χ3n) is 4.07. The number of hydrogen-bond donors (Lipinski definition) is 0. The molecular weight excluding hydrogens is 440 g/mol.